The Morgan fingerprint density at radius 1 is 1.29 bits per heavy atom. The molecule has 5 heteroatoms. The van der Waals surface area contributed by atoms with Gasteiger partial charge in [-0.3, -0.25) is 9.59 Å². The van der Waals surface area contributed by atoms with Crippen molar-refractivity contribution in [2.45, 2.75) is 26.8 Å². The minimum absolute atomic E-state index is 0.116. The SMILES string of the molecule is CCN(C(=O)c1c(C)cccc1C)C1COCC1C(=O)O. The maximum absolute atomic E-state index is 12.9. The van der Waals surface area contributed by atoms with Crippen LogP contribution < -0.4 is 0 Å². The minimum Gasteiger partial charge on any atom is -0.481 e. The van der Waals surface area contributed by atoms with Crippen molar-refractivity contribution in [3.05, 3.63) is 34.9 Å². The lowest BCUT2D eigenvalue weighted by atomic mass is 9.98. The molecular formula is C16H21NO4. The number of likely N-dealkylation sites (N-methyl/N-ethyl adjacent to an activating group) is 1. The fourth-order valence-corrected chi connectivity index (χ4v) is 2.91. The molecule has 0 bridgehead atoms. The van der Waals surface area contributed by atoms with Crippen molar-refractivity contribution in [2.75, 3.05) is 19.8 Å². The van der Waals surface area contributed by atoms with Crippen LogP contribution in [-0.4, -0.2) is 47.7 Å². The first-order valence-corrected chi connectivity index (χ1v) is 7.15. The van der Waals surface area contributed by atoms with E-state index < -0.39 is 17.9 Å². The molecule has 21 heavy (non-hydrogen) atoms. The Morgan fingerprint density at radius 3 is 2.43 bits per heavy atom. The van der Waals surface area contributed by atoms with E-state index in [9.17, 15) is 14.7 Å². The molecule has 2 rings (SSSR count). The molecule has 1 heterocycles. The first-order valence-electron chi connectivity index (χ1n) is 7.15. The largest absolute Gasteiger partial charge is 0.481 e. The smallest absolute Gasteiger partial charge is 0.311 e. The van der Waals surface area contributed by atoms with Crippen molar-refractivity contribution in [3.8, 4) is 0 Å². The first kappa shape index (κ1) is 15.5. The van der Waals surface area contributed by atoms with Gasteiger partial charge in [0.25, 0.3) is 5.91 Å². The molecule has 1 saturated heterocycles. The highest BCUT2D eigenvalue weighted by molar-refractivity contribution is 5.97. The lowest BCUT2D eigenvalue weighted by Crippen LogP contribution is -2.46. The molecule has 114 valence electrons. The molecule has 0 aromatic heterocycles. The average Bonchev–Trinajstić information content (AvgIpc) is 2.88. The van der Waals surface area contributed by atoms with Crippen molar-refractivity contribution in [2.24, 2.45) is 5.92 Å². The number of carboxylic acid groups (broad SMARTS) is 1. The van der Waals surface area contributed by atoms with Gasteiger partial charge in [0.2, 0.25) is 0 Å². The summed E-state index contributed by atoms with van der Waals surface area (Å²) in [7, 11) is 0. The van der Waals surface area contributed by atoms with E-state index in [4.69, 9.17) is 4.74 Å². The van der Waals surface area contributed by atoms with E-state index in [2.05, 4.69) is 0 Å². The molecule has 0 aliphatic carbocycles. The van der Waals surface area contributed by atoms with Crippen molar-refractivity contribution >= 4 is 11.9 Å². The summed E-state index contributed by atoms with van der Waals surface area (Å²) in [6.07, 6.45) is 0. The van der Waals surface area contributed by atoms with Gasteiger partial charge in [0.15, 0.2) is 0 Å². The molecule has 1 aliphatic rings. The molecule has 1 fully saturated rings. The number of carboxylic acids is 1. The van der Waals surface area contributed by atoms with Gasteiger partial charge in [-0.15, -0.1) is 0 Å². The fourth-order valence-electron chi connectivity index (χ4n) is 2.91. The van der Waals surface area contributed by atoms with Crippen LogP contribution in [0.2, 0.25) is 0 Å². The van der Waals surface area contributed by atoms with Gasteiger partial charge in [0.1, 0.15) is 5.92 Å². The molecule has 1 amide bonds. The highest BCUT2D eigenvalue weighted by Crippen LogP contribution is 2.24. The third kappa shape index (κ3) is 2.93. The Hall–Kier alpha value is -1.88. The number of benzene rings is 1. The quantitative estimate of drug-likeness (QED) is 0.919. The number of carbonyl (C=O) groups is 2. The van der Waals surface area contributed by atoms with Crippen LogP contribution in [0.4, 0.5) is 0 Å². The number of amides is 1. The number of carbonyl (C=O) groups excluding carboxylic acids is 1. The number of hydrogen-bond donors (Lipinski definition) is 1. The van der Waals surface area contributed by atoms with Crippen LogP contribution >= 0.6 is 0 Å². The zero-order valence-electron chi connectivity index (χ0n) is 12.6. The molecular weight excluding hydrogens is 270 g/mol. The molecule has 2 atom stereocenters. The van der Waals surface area contributed by atoms with Gasteiger partial charge in [0, 0.05) is 12.1 Å². The number of aliphatic carboxylic acids is 1. The highest BCUT2D eigenvalue weighted by Gasteiger charge is 2.40. The number of hydrogen-bond acceptors (Lipinski definition) is 3. The predicted molar refractivity (Wildman–Crippen MR) is 78.4 cm³/mol. The van der Waals surface area contributed by atoms with E-state index >= 15 is 0 Å². The van der Waals surface area contributed by atoms with E-state index in [0.717, 1.165) is 11.1 Å². The van der Waals surface area contributed by atoms with Crippen LogP contribution in [0.3, 0.4) is 0 Å². The van der Waals surface area contributed by atoms with Crippen LogP contribution in [0, 0.1) is 19.8 Å². The Bertz CT molecular complexity index is 535. The number of nitrogens with zero attached hydrogens (tertiary/aromatic N) is 1. The summed E-state index contributed by atoms with van der Waals surface area (Å²) in [5.41, 5.74) is 2.48. The van der Waals surface area contributed by atoms with Gasteiger partial charge in [-0.1, -0.05) is 18.2 Å². The molecule has 2 unspecified atom stereocenters. The summed E-state index contributed by atoms with van der Waals surface area (Å²) < 4.78 is 5.29. The Balaban J connectivity index is 2.33. The molecule has 1 aromatic rings. The van der Waals surface area contributed by atoms with Crippen molar-refractivity contribution in [1.82, 2.24) is 4.90 Å². The summed E-state index contributed by atoms with van der Waals surface area (Å²) in [4.78, 5) is 25.8. The predicted octanol–water partition coefficient (Wildman–Crippen LogP) is 1.87. The third-order valence-electron chi connectivity index (χ3n) is 4.06. The average molecular weight is 291 g/mol. The van der Waals surface area contributed by atoms with Crippen LogP contribution in [0.25, 0.3) is 0 Å². The van der Waals surface area contributed by atoms with Crippen molar-refractivity contribution in [3.63, 3.8) is 0 Å². The van der Waals surface area contributed by atoms with Gasteiger partial charge < -0.3 is 14.7 Å². The summed E-state index contributed by atoms with van der Waals surface area (Å²) in [6.45, 7) is 6.56. The highest BCUT2D eigenvalue weighted by atomic mass is 16.5. The normalized spacial score (nSPS) is 21.3. The summed E-state index contributed by atoms with van der Waals surface area (Å²) in [5.74, 6) is -1.68. The van der Waals surface area contributed by atoms with Crippen molar-refractivity contribution < 1.29 is 19.4 Å². The second kappa shape index (κ2) is 6.26. The number of rotatable bonds is 4. The van der Waals surface area contributed by atoms with Gasteiger partial charge in [-0.2, -0.15) is 0 Å². The minimum atomic E-state index is -0.912. The Kier molecular flexibility index (Phi) is 4.63. The monoisotopic (exact) mass is 291 g/mol. The summed E-state index contributed by atoms with van der Waals surface area (Å²) >= 11 is 0. The molecule has 0 spiro atoms. The number of aryl methyl sites for hydroxylation is 2. The molecule has 1 aromatic carbocycles. The lowest BCUT2D eigenvalue weighted by Gasteiger charge is -2.30. The van der Waals surface area contributed by atoms with Crippen molar-refractivity contribution in [1.29, 1.82) is 0 Å². The lowest BCUT2D eigenvalue weighted by molar-refractivity contribution is -0.142. The summed E-state index contributed by atoms with van der Waals surface area (Å²) in [5, 5.41) is 9.27. The Labute approximate surface area is 124 Å². The standard InChI is InChI=1S/C16H21NO4/c1-4-17(13-9-21-8-12(13)16(19)20)15(18)14-10(2)6-5-7-11(14)3/h5-7,12-13H,4,8-9H2,1-3H3,(H,19,20). The van der Waals surface area contributed by atoms with E-state index in [1.165, 1.54) is 0 Å². The zero-order chi connectivity index (χ0) is 15.6. The van der Waals surface area contributed by atoms with E-state index in [1.54, 1.807) is 4.90 Å². The maximum atomic E-state index is 12.9. The van der Waals surface area contributed by atoms with Crippen LogP contribution in [0.15, 0.2) is 18.2 Å². The topological polar surface area (TPSA) is 66.8 Å². The fraction of sp³-hybridized carbons (Fsp3) is 0.500. The van der Waals surface area contributed by atoms with Gasteiger partial charge in [-0.25, -0.2) is 0 Å². The van der Waals surface area contributed by atoms with Gasteiger partial charge in [-0.05, 0) is 31.9 Å². The summed E-state index contributed by atoms with van der Waals surface area (Å²) in [6, 6.07) is 5.30. The second-order valence-corrected chi connectivity index (χ2v) is 5.41. The van der Waals surface area contributed by atoms with E-state index in [1.807, 2.05) is 39.0 Å². The molecule has 1 N–H and O–H groups in total. The van der Waals surface area contributed by atoms with Gasteiger partial charge >= 0.3 is 5.97 Å². The van der Waals surface area contributed by atoms with E-state index in [-0.39, 0.29) is 19.1 Å². The molecule has 1 aliphatic heterocycles. The molecule has 0 radical (unpaired) electrons. The first-order chi connectivity index (χ1) is 9.97. The van der Waals surface area contributed by atoms with Crippen LogP contribution in [-0.2, 0) is 9.53 Å². The maximum Gasteiger partial charge on any atom is 0.311 e. The van der Waals surface area contributed by atoms with Crippen LogP contribution in [0.1, 0.15) is 28.4 Å². The van der Waals surface area contributed by atoms with Gasteiger partial charge in [0.05, 0.1) is 19.3 Å². The zero-order valence-corrected chi connectivity index (χ0v) is 12.6. The molecule has 5 nitrogen and oxygen atoms in total. The number of ether oxygens (including phenoxy) is 1. The second-order valence-electron chi connectivity index (χ2n) is 5.41. The Morgan fingerprint density at radius 2 is 1.90 bits per heavy atom. The van der Waals surface area contributed by atoms with Crippen LogP contribution in [0.5, 0.6) is 0 Å². The van der Waals surface area contributed by atoms with E-state index in [0.29, 0.717) is 12.1 Å². The third-order valence-corrected chi connectivity index (χ3v) is 4.06. The molecule has 0 saturated carbocycles.